The molecule has 1 saturated heterocycles. The molecule has 0 saturated carbocycles. The number of rotatable bonds is 2. The first-order valence-electron chi connectivity index (χ1n) is 6.16. The molecule has 1 fully saturated rings. The van der Waals surface area contributed by atoms with E-state index < -0.39 is 0 Å². The monoisotopic (exact) mass is 219 g/mol. The average Bonchev–Trinajstić information content (AvgIpc) is 2.27. The summed E-state index contributed by atoms with van der Waals surface area (Å²) in [6.45, 7) is 6.27. The van der Waals surface area contributed by atoms with Gasteiger partial charge < -0.3 is 10.4 Å². The Hall–Kier alpha value is -1.02. The highest BCUT2D eigenvalue weighted by Crippen LogP contribution is 2.26. The molecule has 2 rings (SSSR count). The van der Waals surface area contributed by atoms with Crippen LogP contribution in [0.3, 0.4) is 0 Å². The second-order valence-electron chi connectivity index (χ2n) is 4.98. The Balaban J connectivity index is 2.09. The van der Waals surface area contributed by atoms with Gasteiger partial charge in [0.15, 0.2) is 0 Å². The molecule has 0 unspecified atom stereocenters. The molecule has 88 valence electrons. The van der Waals surface area contributed by atoms with Gasteiger partial charge in [0.1, 0.15) is 5.75 Å². The fraction of sp³-hybridized carbons (Fsp3) is 0.571. The van der Waals surface area contributed by atoms with E-state index in [9.17, 15) is 5.11 Å². The number of nitrogens with one attached hydrogen (secondary N) is 1. The molecule has 0 amide bonds. The van der Waals surface area contributed by atoms with Crippen LogP contribution in [0.5, 0.6) is 5.75 Å². The molecule has 0 bridgehead atoms. The van der Waals surface area contributed by atoms with Crippen molar-refractivity contribution in [3.05, 3.63) is 28.8 Å². The van der Waals surface area contributed by atoms with Crippen LogP contribution >= 0.6 is 0 Å². The molecule has 0 atom stereocenters. The third kappa shape index (κ3) is 2.56. The number of piperidine rings is 1. The minimum absolute atomic E-state index is 0.453. The molecule has 1 aromatic rings. The zero-order valence-corrected chi connectivity index (χ0v) is 10.2. The summed E-state index contributed by atoms with van der Waals surface area (Å²) in [6, 6.07) is 4.26. The van der Waals surface area contributed by atoms with E-state index in [1.807, 2.05) is 13.8 Å². The zero-order chi connectivity index (χ0) is 11.5. The van der Waals surface area contributed by atoms with E-state index in [1.54, 1.807) is 0 Å². The van der Waals surface area contributed by atoms with Crippen molar-refractivity contribution < 1.29 is 5.11 Å². The molecule has 0 radical (unpaired) electrons. The van der Waals surface area contributed by atoms with Crippen molar-refractivity contribution in [2.24, 2.45) is 5.92 Å². The summed E-state index contributed by atoms with van der Waals surface area (Å²) in [7, 11) is 0. The SMILES string of the molecule is Cc1cc(CC2CCNCC2)cc(C)c1O. The van der Waals surface area contributed by atoms with Crippen LogP contribution < -0.4 is 5.32 Å². The van der Waals surface area contributed by atoms with Crippen LogP contribution in [0.2, 0.25) is 0 Å². The fourth-order valence-corrected chi connectivity index (χ4v) is 2.58. The molecule has 0 spiro atoms. The predicted octanol–water partition coefficient (Wildman–Crippen LogP) is 2.55. The van der Waals surface area contributed by atoms with Gasteiger partial charge in [0.2, 0.25) is 0 Å². The minimum Gasteiger partial charge on any atom is -0.507 e. The molecule has 0 aliphatic carbocycles. The number of aryl methyl sites for hydroxylation is 2. The smallest absolute Gasteiger partial charge is 0.121 e. The van der Waals surface area contributed by atoms with E-state index in [2.05, 4.69) is 17.4 Å². The van der Waals surface area contributed by atoms with E-state index >= 15 is 0 Å². The predicted molar refractivity (Wildman–Crippen MR) is 66.9 cm³/mol. The summed E-state index contributed by atoms with van der Waals surface area (Å²) in [5.41, 5.74) is 3.38. The van der Waals surface area contributed by atoms with Crippen molar-refractivity contribution in [3.63, 3.8) is 0 Å². The number of benzene rings is 1. The van der Waals surface area contributed by atoms with Crippen molar-refractivity contribution >= 4 is 0 Å². The second-order valence-corrected chi connectivity index (χ2v) is 4.98. The van der Waals surface area contributed by atoms with Gasteiger partial charge in [-0.15, -0.1) is 0 Å². The van der Waals surface area contributed by atoms with Crippen LogP contribution in [0.15, 0.2) is 12.1 Å². The van der Waals surface area contributed by atoms with E-state index in [0.29, 0.717) is 5.75 Å². The lowest BCUT2D eigenvalue weighted by Gasteiger charge is -2.23. The van der Waals surface area contributed by atoms with Gasteiger partial charge in [-0.3, -0.25) is 0 Å². The van der Waals surface area contributed by atoms with Crippen LogP contribution in [-0.2, 0) is 6.42 Å². The largest absolute Gasteiger partial charge is 0.507 e. The maximum atomic E-state index is 9.73. The normalized spacial score (nSPS) is 17.6. The minimum atomic E-state index is 0.453. The van der Waals surface area contributed by atoms with Gasteiger partial charge in [0.05, 0.1) is 0 Å². The van der Waals surface area contributed by atoms with Gasteiger partial charge in [0.25, 0.3) is 0 Å². The summed E-state index contributed by atoms with van der Waals surface area (Å²) in [5.74, 6) is 1.26. The van der Waals surface area contributed by atoms with Crippen LogP contribution in [0.4, 0.5) is 0 Å². The van der Waals surface area contributed by atoms with Gasteiger partial charge in [0, 0.05) is 0 Å². The Morgan fingerprint density at radius 1 is 1.19 bits per heavy atom. The van der Waals surface area contributed by atoms with Crippen molar-refractivity contribution in [1.29, 1.82) is 0 Å². The maximum absolute atomic E-state index is 9.73. The Morgan fingerprint density at radius 3 is 2.31 bits per heavy atom. The van der Waals surface area contributed by atoms with Crippen LogP contribution in [0.1, 0.15) is 29.5 Å². The summed E-state index contributed by atoms with van der Waals surface area (Å²) in [6.07, 6.45) is 3.71. The Morgan fingerprint density at radius 2 is 1.75 bits per heavy atom. The Bertz CT molecular complexity index is 344. The molecule has 16 heavy (non-hydrogen) atoms. The Kier molecular flexibility index (Phi) is 3.49. The maximum Gasteiger partial charge on any atom is 0.121 e. The lowest BCUT2D eigenvalue weighted by atomic mass is 9.90. The molecule has 0 aromatic heterocycles. The van der Waals surface area contributed by atoms with Crippen LogP contribution in [-0.4, -0.2) is 18.2 Å². The van der Waals surface area contributed by atoms with E-state index in [1.165, 1.54) is 18.4 Å². The van der Waals surface area contributed by atoms with E-state index in [4.69, 9.17) is 0 Å². The molecular formula is C14H21NO. The average molecular weight is 219 g/mol. The number of hydrogen-bond donors (Lipinski definition) is 2. The van der Waals surface area contributed by atoms with Crippen LogP contribution in [0, 0.1) is 19.8 Å². The highest BCUT2D eigenvalue weighted by Gasteiger charge is 2.14. The number of hydrogen-bond acceptors (Lipinski definition) is 2. The highest BCUT2D eigenvalue weighted by molar-refractivity contribution is 5.42. The molecule has 1 aromatic carbocycles. The van der Waals surface area contributed by atoms with Gasteiger partial charge in [-0.25, -0.2) is 0 Å². The summed E-state index contributed by atoms with van der Waals surface area (Å²) in [4.78, 5) is 0. The van der Waals surface area contributed by atoms with Crippen molar-refractivity contribution in [2.75, 3.05) is 13.1 Å². The third-order valence-electron chi connectivity index (χ3n) is 3.53. The van der Waals surface area contributed by atoms with Gasteiger partial charge in [-0.2, -0.15) is 0 Å². The first-order chi connectivity index (χ1) is 7.66. The summed E-state index contributed by atoms with van der Waals surface area (Å²) in [5, 5.41) is 13.1. The fourth-order valence-electron chi connectivity index (χ4n) is 2.58. The van der Waals surface area contributed by atoms with Crippen molar-refractivity contribution in [3.8, 4) is 5.75 Å². The first-order valence-corrected chi connectivity index (χ1v) is 6.16. The second kappa shape index (κ2) is 4.88. The molecule has 1 aliphatic heterocycles. The van der Waals surface area contributed by atoms with Gasteiger partial charge in [-0.05, 0) is 68.8 Å². The first kappa shape index (κ1) is 11.5. The molecule has 2 nitrogen and oxygen atoms in total. The Labute approximate surface area is 97.7 Å². The van der Waals surface area contributed by atoms with Crippen molar-refractivity contribution in [2.45, 2.75) is 33.1 Å². The molecule has 2 N–H and O–H groups in total. The topological polar surface area (TPSA) is 32.3 Å². The highest BCUT2D eigenvalue weighted by atomic mass is 16.3. The summed E-state index contributed by atoms with van der Waals surface area (Å²) >= 11 is 0. The quantitative estimate of drug-likeness (QED) is 0.801. The number of aromatic hydroxyl groups is 1. The van der Waals surface area contributed by atoms with Gasteiger partial charge in [-0.1, -0.05) is 12.1 Å². The van der Waals surface area contributed by atoms with Crippen molar-refractivity contribution in [1.82, 2.24) is 5.32 Å². The molecule has 2 heteroatoms. The van der Waals surface area contributed by atoms with Crippen LogP contribution in [0.25, 0.3) is 0 Å². The van der Waals surface area contributed by atoms with E-state index in [0.717, 1.165) is 36.6 Å². The van der Waals surface area contributed by atoms with Gasteiger partial charge >= 0.3 is 0 Å². The third-order valence-corrected chi connectivity index (χ3v) is 3.53. The number of phenolic OH excluding ortho intramolecular Hbond substituents is 1. The molecule has 1 aliphatic rings. The molecular weight excluding hydrogens is 198 g/mol. The standard InChI is InChI=1S/C14H21NO/c1-10-7-13(8-11(2)14(10)16)9-12-3-5-15-6-4-12/h7-8,12,15-16H,3-6,9H2,1-2H3. The van der Waals surface area contributed by atoms with E-state index in [-0.39, 0.29) is 0 Å². The number of phenols is 1. The zero-order valence-electron chi connectivity index (χ0n) is 10.2. The lowest BCUT2D eigenvalue weighted by molar-refractivity contribution is 0.372. The summed E-state index contributed by atoms with van der Waals surface area (Å²) < 4.78 is 0. The lowest BCUT2D eigenvalue weighted by Crippen LogP contribution is -2.28. The molecule has 1 heterocycles.